The molecule has 0 unspecified atom stereocenters. The zero-order valence-corrected chi connectivity index (χ0v) is 16.3. The third kappa shape index (κ3) is 3.57. The summed E-state index contributed by atoms with van der Waals surface area (Å²) < 4.78 is 19.2. The van der Waals surface area contributed by atoms with Gasteiger partial charge in [0.15, 0.2) is 11.5 Å². The van der Waals surface area contributed by atoms with Crippen LogP contribution in [0, 0.1) is 9.39 Å². The van der Waals surface area contributed by atoms with Crippen molar-refractivity contribution in [2.24, 2.45) is 5.10 Å². The fraction of sp³-hybridized carbons (Fsp3) is 0.158. The first-order chi connectivity index (χ1) is 12.4. The zero-order chi connectivity index (χ0) is 18.8. The molecule has 0 aromatic heterocycles. The predicted octanol–water partition coefficient (Wildman–Crippen LogP) is 4.34. The Hall–Kier alpha value is -2.42. The smallest absolute Gasteiger partial charge is 0.280 e. The monoisotopic (exact) mass is 466 g/mol. The molecule has 0 radical (unpaired) electrons. The molecule has 1 N–H and O–H groups in total. The molecule has 5 nitrogen and oxygen atoms in total. The Kier molecular flexibility index (Phi) is 5.26. The number of amides is 1. The van der Waals surface area contributed by atoms with Gasteiger partial charge in [0.25, 0.3) is 5.91 Å². The number of carbonyl (C=O) groups excluding carboxylic acids is 1. The van der Waals surface area contributed by atoms with Gasteiger partial charge in [-0.1, -0.05) is 0 Å². The van der Waals surface area contributed by atoms with Crippen molar-refractivity contribution >= 4 is 46.0 Å². The fourth-order valence-electron chi connectivity index (χ4n) is 2.55. The van der Waals surface area contributed by atoms with Gasteiger partial charge in [0.05, 0.1) is 27.1 Å². The van der Waals surface area contributed by atoms with E-state index in [1.54, 1.807) is 25.1 Å². The summed E-state index contributed by atoms with van der Waals surface area (Å²) in [7, 11) is 0. The average Bonchev–Trinajstić information content (AvgIpc) is 2.88. The summed E-state index contributed by atoms with van der Waals surface area (Å²) >= 11 is 2.01. The number of ether oxygens (including phenoxy) is 1. The first kappa shape index (κ1) is 18.4. The number of halogens is 2. The van der Waals surface area contributed by atoms with E-state index in [4.69, 9.17) is 4.74 Å². The Bertz CT molecular complexity index is 923. The molecule has 2 aromatic rings. The van der Waals surface area contributed by atoms with Gasteiger partial charge in [-0.05, 0) is 84.5 Å². The van der Waals surface area contributed by atoms with E-state index in [1.807, 2.05) is 29.5 Å². The molecule has 7 heteroatoms. The summed E-state index contributed by atoms with van der Waals surface area (Å²) in [4.78, 5) is 12.7. The minimum absolute atomic E-state index is 0.0747. The van der Waals surface area contributed by atoms with Crippen LogP contribution in [0.2, 0.25) is 0 Å². The van der Waals surface area contributed by atoms with E-state index >= 15 is 0 Å². The van der Waals surface area contributed by atoms with Gasteiger partial charge in [-0.15, -0.1) is 0 Å². The molecule has 0 saturated carbocycles. The molecular formula is C19H16FIN2O3. The summed E-state index contributed by atoms with van der Waals surface area (Å²) in [5.74, 6) is -0.235. The number of rotatable bonds is 4. The second kappa shape index (κ2) is 7.45. The van der Waals surface area contributed by atoms with E-state index in [-0.39, 0.29) is 17.5 Å². The van der Waals surface area contributed by atoms with E-state index in [1.165, 1.54) is 29.3 Å². The molecule has 1 amide bonds. The van der Waals surface area contributed by atoms with Crippen LogP contribution in [-0.4, -0.2) is 23.3 Å². The highest BCUT2D eigenvalue weighted by molar-refractivity contribution is 14.1. The molecule has 0 fully saturated rings. The maximum Gasteiger partial charge on any atom is 0.280 e. The normalized spacial score (nSPS) is 15.5. The number of nitrogens with zero attached hydrogens (tertiary/aromatic N) is 2. The molecule has 0 aliphatic carbocycles. The van der Waals surface area contributed by atoms with Crippen molar-refractivity contribution in [3.63, 3.8) is 0 Å². The van der Waals surface area contributed by atoms with Crippen LogP contribution in [0.1, 0.15) is 19.4 Å². The van der Waals surface area contributed by atoms with Gasteiger partial charge in [-0.25, -0.2) is 4.39 Å². The van der Waals surface area contributed by atoms with Crippen molar-refractivity contribution < 1.29 is 19.0 Å². The Balaban J connectivity index is 1.96. The summed E-state index contributed by atoms with van der Waals surface area (Å²) in [5.41, 5.74) is 2.20. The van der Waals surface area contributed by atoms with E-state index < -0.39 is 0 Å². The van der Waals surface area contributed by atoms with Gasteiger partial charge in [0.1, 0.15) is 5.82 Å². The molecule has 0 bridgehead atoms. The molecule has 134 valence electrons. The molecule has 0 spiro atoms. The highest BCUT2D eigenvalue weighted by Gasteiger charge is 2.28. The summed E-state index contributed by atoms with van der Waals surface area (Å²) in [6.45, 7) is 3.98. The molecule has 1 aliphatic heterocycles. The van der Waals surface area contributed by atoms with Crippen molar-refractivity contribution in [3.8, 4) is 11.5 Å². The molecule has 0 atom stereocenters. The van der Waals surface area contributed by atoms with E-state index in [0.29, 0.717) is 32.9 Å². The lowest BCUT2D eigenvalue weighted by molar-refractivity contribution is -0.114. The number of anilines is 1. The largest absolute Gasteiger partial charge is 0.504 e. The topological polar surface area (TPSA) is 62.1 Å². The Morgan fingerprint density at radius 1 is 1.31 bits per heavy atom. The molecular weight excluding hydrogens is 450 g/mol. The van der Waals surface area contributed by atoms with E-state index in [2.05, 4.69) is 5.10 Å². The zero-order valence-electron chi connectivity index (χ0n) is 14.2. The van der Waals surface area contributed by atoms with Gasteiger partial charge in [-0.3, -0.25) is 4.79 Å². The van der Waals surface area contributed by atoms with Gasteiger partial charge < -0.3 is 9.84 Å². The van der Waals surface area contributed by atoms with Gasteiger partial charge >= 0.3 is 0 Å². The van der Waals surface area contributed by atoms with Crippen LogP contribution in [0.4, 0.5) is 10.1 Å². The number of aromatic hydroxyl groups is 1. The molecule has 26 heavy (non-hydrogen) atoms. The summed E-state index contributed by atoms with van der Waals surface area (Å²) in [5, 5.41) is 15.6. The summed E-state index contributed by atoms with van der Waals surface area (Å²) in [6.07, 6.45) is 1.70. The molecule has 1 heterocycles. The number of carbonyl (C=O) groups is 1. The van der Waals surface area contributed by atoms with Crippen LogP contribution in [-0.2, 0) is 4.79 Å². The summed E-state index contributed by atoms with van der Waals surface area (Å²) in [6, 6.07) is 9.01. The van der Waals surface area contributed by atoms with Crippen LogP contribution in [0.15, 0.2) is 47.1 Å². The highest BCUT2D eigenvalue weighted by Crippen LogP contribution is 2.34. The van der Waals surface area contributed by atoms with Gasteiger partial charge in [0, 0.05) is 0 Å². The Morgan fingerprint density at radius 2 is 2.00 bits per heavy atom. The number of phenolic OH excluding ortho intramolecular Hbond substituents is 1. The molecule has 2 aromatic carbocycles. The minimum atomic E-state index is -0.376. The number of hydrogen-bond acceptors (Lipinski definition) is 4. The van der Waals surface area contributed by atoms with Crippen molar-refractivity contribution in [2.75, 3.05) is 11.6 Å². The SMILES string of the molecule is CCOc1cc(C=C2C(=O)N(c3ccc(F)cc3)N=C2C)cc(I)c1O. The lowest BCUT2D eigenvalue weighted by atomic mass is 10.1. The van der Waals surface area contributed by atoms with E-state index in [9.17, 15) is 14.3 Å². The quantitative estimate of drug-likeness (QED) is 0.539. The first-order valence-electron chi connectivity index (χ1n) is 7.93. The predicted molar refractivity (Wildman–Crippen MR) is 107 cm³/mol. The first-order valence-corrected chi connectivity index (χ1v) is 9.01. The van der Waals surface area contributed by atoms with Crippen molar-refractivity contribution in [1.82, 2.24) is 0 Å². The van der Waals surface area contributed by atoms with Gasteiger partial charge in [-0.2, -0.15) is 10.1 Å². The number of phenols is 1. The maximum atomic E-state index is 13.1. The fourth-order valence-corrected chi connectivity index (χ4v) is 3.18. The third-order valence-electron chi connectivity index (χ3n) is 3.80. The van der Waals surface area contributed by atoms with Crippen molar-refractivity contribution in [2.45, 2.75) is 13.8 Å². The van der Waals surface area contributed by atoms with Crippen LogP contribution in [0.5, 0.6) is 11.5 Å². The Labute approximate surface area is 163 Å². The molecule has 0 saturated heterocycles. The number of benzene rings is 2. The minimum Gasteiger partial charge on any atom is -0.504 e. The second-order valence-electron chi connectivity index (χ2n) is 5.62. The Morgan fingerprint density at radius 3 is 2.65 bits per heavy atom. The van der Waals surface area contributed by atoms with Crippen LogP contribution >= 0.6 is 22.6 Å². The van der Waals surface area contributed by atoms with Crippen molar-refractivity contribution in [1.29, 1.82) is 0 Å². The van der Waals surface area contributed by atoms with Crippen LogP contribution < -0.4 is 9.75 Å². The maximum absolute atomic E-state index is 13.1. The number of hydrazone groups is 1. The average molecular weight is 466 g/mol. The lowest BCUT2D eigenvalue weighted by Crippen LogP contribution is -2.21. The third-order valence-corrected chi connectivity index (χ3v) is 4.62. The highest BCUT2D eigenvalue weighted by atomic mass is 127. The van der Waals surface area contributed by atoms with Crippen LogP contribution in [0.3, 0.4) is 0 Å². The van der Waals surface area contributed by atoms with Crippen molar-refractivity contribution in [3.05, 3.63) is 56.9 Å². The second-order valence-corrected chi connectivity index (χ2v) is 6.78. The van der Waals surface area contributed by atoms with Gasteiger partial charge in [0.2, 0.25) is 0 Å². The standard InChI is InChI=1S/C19H16FIN2O3/c1-3-26-17-10-12(9-16(21)18(17)24)8-15-11(2)22-23(19(15)25)14-6-4-13(20)5-7-14/h4-10,24H,3H2,1-2H3. The van der Waals surface area contributed by atoms with Crippen LogP contribution in [0.25, 0.3) is 6.08 Å². The molecule has 3 rings (SSSR count). The lowest BCUT2D eigenvalue weighted by Gasteiger charge is -2.11. The number of hydrogen-bond donors (Lipinski definition) is 1. The van der Waals surface area contributed by atoms with E-state index in [0.717, 1.165) is 5.56 Å². The molecule has 1 aliphatic rings.